The number of halogens is 2. The van der Waals surface area contributed by atoms with E-state index in [0.29, 0.717) is 10.0 Å². The zero-order chi connectivity index (χ0) is 20.0. The molecule has 0 atom stereocenters. The van der Waals surface area contributed by atoms with Crippen molar-refractivity contribution in [2.24, 2.45) is 0 Å². The number of rotatable bonds is 8. The molecule has 2 rings (SSSR count). The van der Waals surface area contributed by atoms with Gasteiger partial charge in [-0.1, -0.05) is 35.3 Å². The van der Waals surface area contributed by atoms with Gasteiger partial charge in [-0.3, -0.25) is 9.59 Å². The minimum Gasteiger partial charge on any atom is -0.455 e. The van der Waals surface area contributed by atoms with E-state index in [9.17, 15) is 18.0 Å². The van der Waals surface area contributed by atoms with Crippen LogP contribution >= 0.6 is 34.5 Å². The third-order valence-corrected chi connectivity index (χ3v) is 6.89. The van der Waals surface area contributed by atoms with Gasteiger partial charge in [0, 0.05) is 13.6 Å². The molecule has 0 unspecified atom stereocenters. The summed E-state index contributed by atoms with van der Waals surface area (Å²) in [7, 11) is -2.23. The summed E-state index contributed by atoms with van der Waals surface area (Å²) in [5.41, 5.74) is 0.760. The highest BCUT2D eigenvalue weighted by molar-refractivity contribution is 7.91. The Labute approximate surface area is 170 Å². The summed E-state index contributed by atoms with van der Waals surface area (Å²) in [5.74, 6) is -1.30. The summed E-state index contributed by atoms with van der Waals surface area (Å²) in [4.78, 5) is 25.1. The lowest BCUT2D eigenvalue weighted by atomic mass is 10.2. The van der Waals surface area contributed by atoms with Crippen LogP contribution in [0.5, 0.6) is 0 Å². The van der Waals surface area contributed by atoms with Crippen LogP contribution < -0.4 is 4.72 Å². The van der Waals surface area contributed by atoms with Gasteiger partial charge in [-0.2, -0.15) is 4.72 Å². The van der Waals surface area contributed by atoms with E-state index in [2.05, 4.69) is 4.72 Å². The van der Waals surface area contributed by atoms with Gasteiger partial charge in [-0.05, 0) is 29.1 Å². The van der Waals surface area contributed by atoms with Crippen LogP contribution in [0.2, 0.25) is 10.0 Å². The molecule has 1 N–H and O–H groups in total. The van der Waals surface area contributed by atoms with Crippen LogP contribution in [0.25, 0.3) is 0 Å². The Balaban J connectivity index is 1.78. The number of likely N-dealkylation sites (N-methyl/N-ethyl adjacent to an activating group) is 1. The molecule has 7 nitrogen and oxygen atoms in total. The molecule has 0 aliphatic heterocycles. The highest BCUT2D eigenvalue weighted by atomic mass is 35.5. The fraction of sp³-hybridized carbons (Fsp3) is 0.250. The van der Waals surface area contributed by atoms with E-state index in [4.69, 9.17) is 27.9 Å². The number of ether oxygens (including phenoxy) is 1. The molecule has 0 radical (unpaired) electrons. The van der Waals surface area contributed by atoms with Gasteiger partial charge in [0.05, 0.1) is 10.0 Å². The lowest BCUT2D eigenvalue weighted by Gasteiger charge is -2.17. The average Bonchev–Trinajstić information content (AvgIpc) is 3.16. The number of nitrogens with zero attached hydrogens (tertiary/aromatic N) is 1. The predicted molar refractivity (Wildman–Crippen MR) is 103 cm³/mol. The van der Waals surface area contributed by atoms with Gasteiger partial charge in [0.1, 0.15) is 10.8 Å². The molecule has 27 heavy (non-hydrogen) atoms. The molecule has 0 saturated heterocycles. The SMILES string of the molecule is CN(Cc1ccc(Cl)c(Cl)c1)C(=O)COC(=O)CNS(=O)(=O)c1cccs1. The van der Waals surface area contributed by atoms with Crippen molar-refractivity contribution in [3.8, 4) is 0 Å². The predicted octanol–water partition coefficient (Wildman–Crippen LogP) is 2.54. The number of carbonyl (C=O) groups is 2. The van der Waals surface area contributed by atoms with Crippen molar-refractivity contribution in [1.29, 1.82) is 0 Å². The molecule has 0 aliphatic carbocycles. The van der Waals surface area contributed by atoms with Crippen molar-refractivity contribution in [1.82, 2.24) is 9.62 Å². The number of benzene rings is 1. The molecule has 0 aliphatic rings. The Bertz CT molecular complexity index is 917. The first-order chi connectivity index (χ1) is 12.7. The normalized spacial score (nSPS) is 11.2. The van der Waals surface area contributed by atoms with E-state index in [1.54, 1.807) is 29.6 Å². The second kappa shape index (κ2) is 9.52. The van der Waals surface area contributed by atoms with Crippen molar-refractivity contribution < 1.29 is 22.7 Å². The summed E-state index contributed by atoms with van der Waals surface area (Å²) < 4.78 is 30.8. The third kappa shape index (κ3) is 6.47. The van der Waals surface area contributed by atoms with E-state index in [-0.39, 0.29) is 10.8 Å². The molecule has 2 aromatic rings. The van der Waals surface area contributed by atoms with Crippen molar-refractivity contribution in [3.63, 3.8) is 0 Å². The quantitative estimate of drug-likeness (QED) is 0.623. The summed E-state index contributed by atoms with van der Waals surface area (Å²) >= 11 is 12.8. The molecule has 0 saturated carbocycles. The molecular formula is C16H16Cl2N2O5S2. The van der Waals surface area contributed by atoms with Gasteiger partial charge in [0.25, 0.3) is 15.9 Å². The molecular weight excluding hydrogens is 435 g/mol. The summed E-state index contributed by atoms with van der Waals surface area (Å²) in [5, 5.41) is 2.39. The minimum atomic E-state index is -3.77. The highest BCUT2D eigenvalue weighted by Crippen LogP contribution is 2.23. The van der Waals surface area contributed by atoms with Crippen LogP contribution in [-0.2, 0) is 30.9 Å². The van der Waals surface area contributed by atoms with E-state index in [0.717, 1.165) is 16.9 Å². The summed E-state index contributed by atoms with van der Waals surface area (Å²) in [6.45, 7) is -0.820. The zero-order valence-electron chi connectivity index (χ0n) is 14.1. The molecule has 1 heterocycles. The molecule has 146 valence electrons. The number of esters is 1. The van der Waals surface area contributed by atoms with Crippen molar-refractivity contribution >= 4 is 56.4 Å². The third-order valence-electron chi connectivity index (χ3n) is 3.35. The highest BCUT2D eigenvalue weighted by Gasteiger charge is 2.18. The van der Waals surface area contributed by atoms with Gasteiger partial charge in [0.15, 0.2) is 6.61 Å². The van der Waals surface area contributed by atoms with Crippen LogP contribution in [0.15, 0.2) is 39.9 Å². The van der Waals surface area contributed by atoms with Gasteiger partial charge in [-0.15, -0.1) is 11.3 Å². The van der Waals surface area contributed by atoms with E-state index in [1.165, 1.54) is 18.0 Å². The Morgan fingerprint density at radius 2 is 1.96 bits per heavy atom. The van der Waals surface area contributed by atoms with Crippen molar-refractivity contribution in [2.45, 2.75) is 10.8 Å². The fourth-order valence-electron chi connectivity index (χ4n) is 1.94. The molecule has 1 amide bonds. The van der Waals surface area contributed by atoms with Gasteiger partial charge < -0.3 is 9.64 Å². The van der Waals surface area contributed by atoms with E-state index < -0.39 is 35.1 Å². The maximum Gasteiger partial charge on any atom is 0.321 e. The number of sulfonamides is 1. The second-order valence-electron chi connectivity index (χ2n) is 5.42. The maximum absolute atomic E-state index is 12.0. The Morgan fingerprint density at radius 3 is 2.59 bits per heavy atom. The lowest BCUT2D eigenvalue weighted by Crippen LogP contribution is -2.34. The topological polar surface area (TPSA) is 92.8 Å². The molecule has 1 aromatic heterocycles. The largest absolute Gasteiger partial charge is 0.455 e. The summed E-state index contributed by atoms with van der Waals surface area (Å²) in [6, 6.07) is 7.99. The number of thiophene rings is 1. The number of carbonyl (C=O) groups excluding carboxylic acids is 2. The molecule has 1 aromatic carbocycles. The number of hydrogen-bond acceptors (Lipinski definition) is 6. The lowest BCUT2D eigenvalue weighted by molar-refractivity contribution is -0.150. The average molecular weight is 451 g/mol. The van der Waals surface area contributed by atoms with Crippen LogP contribution in [-0.4, -0.2) is 45.4 Å². The van der Waals surface area contributed by atoms with Crippen LogP contribution in [0.3, 0.4) is 0 Å². The molecule has 0 fully saturated rings. The van der Waals surface area contributed by atoms with Gasteiger partial charge in [0.2, 0.25) is 0 Å². The zero-order valence-corrected chi connectivity index (χ0v) is 17.3. The standard InChI is InChI=1S/C16H16Cl2N2O5S2/c1-20(9-11-4-5-12(17)13(18)7-11)14(21)10-25-15(22)8-19-27(23,24)16-3-2-6-26-16/h2-7,19H,8-10H2,1H3. The molecule has 0 bridgehead atoms. The fourth-order valence-corrected chi connectivity index (χ4v) is 4.27. The monoisotopic (exact) mass is 450 g/mol. The van der Waals surface area contributed by atoms with Gasteiger partial charge >= 0.3 is 5.97 Å². The Morgan fingerprint density at radius 1 is 1.22 bits per heavy atom. The number of amides is 1. The number of nitrogens with one attached hydrogen (secondary N) is 1. The van der Waals surface area contributed by atoms with Crippen LogP contribution in [0, 0.1) is 0 Å². The Hall–Kier alpha value is -1.65. The van der Waals surface area contributed by atoms with Crippen LogP contribution in [0.1, 0.15) is 5.56 Å². The van der Waals surface area contributed by atoms with Crippen molar-refractivity contribution in [3.05, 3.63) is 51.3 Å². The van der Waals surface area contributed by atoms with Gasteiger partial charge in [-0.25, -0.2) is 8.42 Å². The minimum absolute atomic E-state index is 0.0905. The second-order valence-corrected chi connectivity index (χ2v) is 9.17. The van der Waals surface area contributed by atoms with E-state index in [1.807, 2.05) is 0 Å². The first-order valence-electron chi connectivity index (χ1n) is 7.56. The smallest absolute Gasteiger partial charge is 0.321 e. The maximum atomic E-state index is 12.0. The molecule has 0 spiro atoms. The van der Waals surface area contributed by atoms with Crippen molar-refractivity contribution in [2.75, 3.05) is 20.2 Å². The first kappa shape index (κ1) is 21.6. The van der Waals surface area contributed by atoms with E-state index >= 15 is 0 Å². The number of hydrogen-bond donors (Lipinski definition) is 1. The summed E-state index contributed by atoms with van der Waals surface area (Å²) in [6.07, 6.45) is 0. The Kier molecular flexibility index (Phi) is 7.63. The van der Waals surface area contributed by atoms with Crippen LogP contribution in [0.4, 0.5) is 0 Å². The first-order valence-corrected chi connectivity index (χ1v) is 10.7. The molecule has 11 heteroatoms.